The van der Waals surface area contributed by atoms with E-state index < -0.39 is 24.2 Å². The van der Waals surface area contributed by atoms with Gasteiger partial charge in [-0.05, 0) is 11.6 Å². The van der Waals surface area contributed by atoms with E-state index in [0.29, 0.717) is 16.5 Å². The number of nitrogens with one attached hydrogen (secondary N) is 1. The molecule has 0 aliphatic carbocycles. The van der Waals surface area contributed by atoms with Crippen molar-refractivity contribution in [3.63, 3.8) is 0 Å². The zero-order valence-electron chi connectivity index (χ0n) is 10.7. The number of fused-ring (bicyclic) bond motifs is 1. The molecule has 0 aliphatic rings. The monoisotopic (exact) mass is 292 g/mol. The Hall–Kier alpha value is -3.03. The standard InChI is InChI=1S/C13H12N2O6/c16-11(17)9(14-12(18)19)5-7-6-15(13(20)21)10-4-2-1-3-8(7)10/h1-4,6,9,14H,5H2,(H,16,17)(H,18,19)(H,20,21)/t9-/m0/s1. The molecule has 2 aromatic rings. The zero-order valence-corrected chi connectivity index (χ0v) is 10.7. The summed E-state index contributed by atoms with van der Waals surface area (Å²) in [7, 11) is 0. The summed E-state index contributed by atoms with van der Waals surface area (Å²) < 4.78 is 0.977. The van der Waals surface area contributed by atoms with Crippen molar-refractivity contribution >= 4 is 29.1 Å². The van der Waals surface area contributed by atoms with Crippen LogP contribution in [0.15, 0.2) is 30.5 Å². The minimum absolute atomic E-state index is 0.150. The van der Waals surface area contributed by atoms with Gasteiger partial charge in [0.15, 0.2) is 0 Å². The fraction of sp³-hybridized carbons (Fsp3) is 0.154. The van der Waals surface area contributed by atoms with Crippen LogP contribution >= 0.6 is 0 Å². The van der Waals surface area contributed by atoms with E-state index in [1.807, 2.05) is 5.32 Å². The van der Waals surface area contributed by atoms with E-state index in [4.69, 9.17) is 15.3 Å². The summed E-state index contributed by atoms with van der Waals surface area (Å²) in [6.45, 7) is 0. The number of carbonyl (C=O) groups is 3. The highest BCUT2D eigenvalue weighted by Gasteiger charge is 2.23. The average molecular weight is 292 g/mol. The van der Waals surface area contributed by atoms with Crippen molar-refractivity contribution in [3.05, 3.63) is 36.0 Å². The highest BCUT2D eigenvalue weighted by atomic mass is 16.4. The molecule has 0 unspecified atom stereocenters. The molecule has 0 spiro atoms. The molecule has 0 aliphatic heterocycles. The number of aliphatic carboxylic acids is 1. The van der Waals surface area contributed by atoms with Crippen molar-refractivity contribution in [3.8, 4) is 0 Å². The number of carboxylic acid groups (broad SMARTS) is 3. The van der Waals surface area contributed by atoms with Gasteiger partial charge < -0.3 is 20.6 Å². The van der Waals surface area contributed by atoms with Gasteiger partial charge in [0.05, 0.1) is 5.52 Å². The van der Waals surface area contributed by atoms with Crippen LogP contribution in [0.2, 0.25) is 0 Å². The van der Waals surface area contributed by atoms with Crippen molar-refractivity contribution in [1.29, 1.82) is 0 Å². The molecule has 1 aromatic carbocycles. The van der Waals surface area contributed by atoms with Crippen LogP contribution in [-0.4, -0.2) is 44.1 Å². The molecule has 21 heavy (non-hydrogen) atoms. The molecule has 0 fully saturated rings. The van der Waals surface area contributed by atoms with Crippen molar-refractivity contribution in [2.75, 3.05) is 0 Å². The zero-order chi connectivity index (χ0) is 15.6. The Kier molecular flexibility index (Phi) is 3.79. The molecule has 1 aromatic heterocycles. The van der Waals surface area contributed by atoms with E-state index in [9.17, 15) is 14.4 Å². The normalized spacial score (nSPS) is 12.0. The van der Waals surface area contributed by atoms with E-state index in [2.05, 4.69) is 0 Å². The van der Waals surface area contributed by atoms with Gasteiger partial charge >= 0.3 is 18.2 Å². The molecular weight excluding hydrogens is 280 g/mol. The van der Waals surface area contributed by atoms with E-state index in [1.165, 1.54) is 6.20 Å². The van der Waals surface area contributed by atoms with E-state index in [1.54, 1.807) is 24.3 Å². The summed E-state index contributed by atoms with van der Waals surface area (Å²) in [5.41, 5.74) is 0.855. The Labute approximate surface area is 118 Å². The summed E-state index contributed by atoms with van der Waals surface area (Å²) in [5.74, 6) is -1.33. The first-order chi connectivity index (χ1) is 9.90. The third-order valence-corrected chi connectivity index (χ3v) is 3.02. The van der Waals surface area contributed by atoms with Crippen molar-refractivity contribution in [1.82, 2.24) is 9.88 Å². The first kappa shape index (κ1) is 14.4. The van der Waals surface area contributed by atoms with Gasteiger partial charge in [-0.3, -0.25) is 4.57 Å². The first-order valence-electron chi connectivity index (χ1n) is 5.94. The number of rotatable bonds is 4. The Morgan fingerprint density at radius 1 is 1.14 bits per heavy atom. The number of aromatic nitrogens is 1. The highest BCUT2D eigenvalue weighted by molar-refractivity contribution is 5.92. The maximum atomic E-state index is 11.2. The van der Waals surface area contributed by atoms with Crippen LogP contribution in [0.4, 0.5) is 9.59 Å². The van der Waals surface area contributed by atoms with Gasteiger partial charge in [-0.15, -0.1) is 0 Å². The number of para-hydroxylation sites is 1. The predicted octanol–water partition coefficient (Wildman–Crippen LogP) is 1.43. The predicted molar refractivity (Wildman–Crippen MR) is 71.6 cm³/mol. The highest BCUT2D eigenvalue weighted by Crippen LogP contribution is 2.22. The summed E-state index contributed by atoms with van der Waals surface area (Å²) in [6, 6.07) is 5.25. The van der Waals surface area contributed by atoms with Crippen molar-refractivity contribution in [2.45, 2.75) is 12.5 Å². The minimum atomic E-state index is -1.45. The largest absolute Gasteiger partial charge is 0.480 e. The molecule has 0 radical (unpaired) electrons. The fourth-order valence-electron chi connectivity index (χ4n) is 2.14. The molecule has 2 rings (SSSR count). The second-order valence-corrected chi connectivity index (χ2v) is 4.37. The minimum Gasteiger partial charge on any atom is -0.480 e. The van der Waals surface area contributed by atoms with Crippen LogP contribution in [0.5, 0.6) is 0 Å². The van der Waals surface area contributed by atoms with Crippen LogP contribution in [-0.2, 0) is 11.2 Å². The van der Waals surface area contributed by atoms with Gasteiger partial charge in [0.2, 0.25) is 0 Å². The third kappa shape index (κ3) is 2.94. The van der Waals surface area contributed by atoms with E-state index in [0.717, 1.165) is 4.57 Å². The summed E-state index contributed by atoms with van der Waals surface area (Å²) in [5, 5.41) is 29.2. The molecule has 4 N–H and O–H groups in total. The van der Waals surface area contributed by atoms with E-state index in [-0.39, 0.29) is 6.42 Å². The molecule has 0 saturated heterocycles. The fourth-order valence-corrected chi connectivity index (χ4v) is 2.14. The molecule has 8 nitrogen and oxygen atoms in total. The summed E-state index contributed by atoms with van der Waals surface area (Å²) in [4.78, 5) is 32.8. The second-order valence-electron chi connectivity index (χ2n) is 4.37. The SMILES string of the molecule is O=C(O)N[C@@H](Cc1cn(C(=O)O)c2ccccc12)C(=O)O. The summed E-state index contributed by atoms with van der Waals surface area (Å²) >= 11 is 0. The maximum absolute atomic E-state index is 11.2. The number of benzene rings is 1. The average Bonchev–Trinajstić information content (AvgIpc) is 2.77. The van der Waals surface area contributed by atoms with Gasteiger partial charge in [-0.25, -0.2) is 14.4 Å². The molecule has 1 heterocycles. The lowest BCUT2D eigenvalue weighted by atomic mass is 10.1. The van der Waals surface area contributed by atoms with Gasteiger partial charge in [0.25, 0.3) is 0 Å². The number of hydrogen-bond donors (Lipinski definition) is 4. The van der Waals surface area contributed by atoms with Crippen LogP contribution in [0.25, 0.3) is 10.9 Å². The lowest BCUT2D eigenvalue weighted by Crippen LogP contribution is -2.41. The van der Waals surface area contributed by atoms with Crippen molar-refractivity contribution in [2.24, 2.45) is 0 Å². The molecule has 110 valence electrons. The Bertz CT molecular complexity index is 721. The van der Waals surface area contributed by atoms with Crippen molar-refractivity contribution < 1.29 is 29.7 Å². The topological polar surface area (TPSA) is 129 Å². The maximum Gasteiger partial charge on any atom is 0.416 e. The second kappa shape index (κ2) is 5.53. The lowest BCUT2D eigenvalue weighted by Gasteiger charge is -2.11. The molecule has 0 saturated carbocycles. The molecule has 8 heteroatoms. The lowest BCUT2D eigenvalue weighted by molar-refractivity contribution is -0.139. The molecule has 1 amide bonds. The molecule has 1 atom stereocenters. The smallest absolute Gasteiger partial charge is 0.416 e. The Morgan fingerprint density at radius 2 is 1.81 bits per heavy atom. The van der Waals surface area contributed by atoms with Gasteiger partial charge in [0, 0.05) is 18.0 Å². The molecular formula is C13H12N2O6. The number of amides is 1. The van der Waals surface area contributed by atoms with Gasteiger partial charge in [0.1, 0.15) is 6.04 Å². The summed E-state index contributed by atoms with van der Waals surface area (Å²) in [6.07, 6.45) is -1.51. The van der Waals surface area contributed by atoms with Crippen LogP contribution < -0.4 is 5.32 Å². The quantitative estimate of drug-likeness (QED) is 0.674. The van der Waals surface area contributed by atoms with Crippen LogP contribution in [0, 0.1) is 0 Å². The number of hydrogen-bond acceptors (Lipinski definition) is 3. The Balaban J connectivity index is 2.44. The Morgan fingerprint density at radius 3 is 2.38 bits per heavy atom. The number of nitrogens with zero attached hydrogens (tertiary/aromatic N) is 1. The van der Waals surface area contributed by atoms with Gasteiger partial charge in [-0.2, -0.15) is 0 Å². The van der Waals surface area contributed by atoms with Crippen LogP contribution in [0.1, 0.15) is 5.56 Å². The van der Waals surface area contributed by atoms with Crippen LogP contribution in [0.3, 0.4) is 0 Å². The molecule has 0 bridgehead atoms. The first-order valence-corrected chi connectivity index (χ1v) is 5.94. The van der Waals surface area contributed by atoms with E-state index >= 15 is 0 Å². The third-order valence-electron chi connectivity index (χ3n) is 3.02. The van der Waals surface area contributed by atoms with Gasteiger partial charge in [-0.1, -0.05) is 18.2 Å². The number of carboxylic acids is 1.